The Bertz CT molecular complexity index is 857. The fourth-order valence-electron chi connectivity index (χ4n) is 2.40. The van der Waals surface area contributed by atoms with Crippen LogP contribution in [0.4, 0.5) is 5.69 Å². The largest absolute Gasteiger partial charge is 0.322 e. The average Bonchev–Trinajstić information content (AvgIpc) is 2.98. The summed E-state index contributed by atoms with van der Waals surface area (Å²) in [6.45, 7) is 1.96. The molecule has 1 amide bonds. The lowest BCUT2D eigenvalue weighted by Crippen LogP contribution is -2.14. The molecular formula is C17H14Cl2N4O. The van der Waals surface area contributed by atoms with Crippen molar-refractivity contribution in [1.82, 2.24) is 14.8 Å². The van der Waals surface area contributed by atoms with Crippen LogP contribution in [0, 0.1) is 0 Å². The van der Waals surface area contributed by atoms with Crippen molar-refractivity contribution in [3.05, 3.63) is 70.1 Å². The Hall–Kier alpha value is -2.37. The van der Waals surface area contributed by atoms with Crippen LogP contribution < -0.4 is 5.32 Å². The molecule has 0 saturated carbocycles. The van der Waals surface area contributed by atoms with Crippen LogP contribution in [0.1, 0.15) is 23.0 Å². The number of hydrogen-bond acceptors (Lipinski definition) is 3. The molecule has 7 heteroatoms. The molecule has 0 spiro atoms. The van der Waals surface area contributed by atoms with Crippen LogP contribution in [0.3, 0.4) is 0 Å². The minimum atomic E-state index is -0.271. The third-order valence-electron chi connectivity index (χ3n) is 3.44. The first-order valence-corrected chi connectivity index (χ1v) is 8.10. The summed E-state index contributed by atoms with van der Waals surface area (Å²) in [5.74, 6) is 0.395. The Morgan fingerprint density at radius 3 is 2.58 bits per heavy atom. The number of nitrogens with one attached hydrogen (secondary N) is 1. The van der Waals surface area contributed by atoms with E-state index in [9.17, 15) is 4.79 Å². The molecule has 0 radical (unpaired) electrons. The zero-order valence-corrected chi connectivity index (χ0v) is 14.3. The summed E-state index contributed by atoms with van der Waals surface area (Å²) in [5.41, 5.74) is 1.80. The summed E-state index contributed by atoms with van der Waals surface area (Å²) >= 11 is 11.9. The SMILES string of the molecule is CCc1c(C(=O)Nc2cc(Cl)cc(Cl)c2)cnn1-c1ccccn1. The second kappa shape index (κ2) is 7.03. The molecule has 0 bridgehead atoms. The van der Waals surface area contributed by atoms with Gasteiger partial charge in [0.2, 0.25) is 0 Å². The molecule has 1 N–H and O–H groups in total. The number of nitrogens with zero attached hydrogens (tertiary/aromatic N) is 3. The minimum Gasteiger partial charge on any atom is -0.322 e. The predicted octanol–water partition coefficient (Wildman–Crippen LogP) is 4.39. The Morgan fingerprint density at radius 2 is 1.96 bits per heavy atom. The molecule has 0 aliphatic heterocycles. The molecule has 3 aromatic rings. The molecule has 0 atom stereocenters. The highest BCUT2D eigenvalue weighted by atomic mass is 35.5. The molecule has 0 aliphatic carbocycles. The Labute approximate surface area is 149 Å². The number of carbonyl (C=O) groups is 1. The molecule has 1 aromatic carbocycles. The lowest BCUT2D eigenvalue weighted by molar-refractivity contribution is 0.102. The molecule has 5 nitrogen and oxygen atoms in total. The summed E-state index contributed by atoms with van der Waals surface area (Å²) in [7, 11) is 0. The first kappa shape index (κ1) is 16.5. The van der Waals surface area contributed by atoms with E-state index in [4.69, 9.17) is 23.2 Å². The molecule has 0 fully saturated rings. The highest BCUT2D eigenvalue weighted by Gasteiger charge is 2.18. The number of halogens is 2. The molecule has 24 heavy (non-hydrogen) atoms. The maximum atomic E-state index is 12.6. The molecule has 3 rings (SSSR count). The molecule has 122 valence electrons. The van der Waals surface area contributed by atoms with Gasteiger partial charge in [0.1, 0.15) is 0 Å². The van der Waals surface area contributed by atoms with E-state index in [1.807, 2.05) is 25.1 Å². The third kappa shape index (κ3) is 3.42. The number of pyridine rings is 1. The van der Waals surface area contributed by atoms with Crippen LogP contribution in [0.25, 0.3) is 5.82 Å². The molecule has 2 aromatic heterocycles. The molecule has 2 heterocycles. The van der Waals surface area contributed by atoms with E-state index in [2.05, 4.69) is 15.4 Å². The van der Waals surface area contributed by atoms with Crippen LogP contribution in [0.2, 0.25) is 10.0 Å². The average molecular weight is 361 g/mol. The van der Waals surface area contributed by atoms with Gasteiger partial charge in [-0.2, -0.15) is 5.10 Å². The van der Waals surface area contributed by atoms with E-state index in [1.54, 1.807) is 29.1 Å². The lowest BCUT2D eigenvalue weighted by atomic mass is 10.2. The van der Waals surface area contributed by atoms with Gasteiger partial charge in [0.15, 0.2) is 5.82 Å². The van der Waals surface area contributed by atoms with Crippen molar-refractivity contribution in [2.75, 3.05) is 5.32 Å². The summed E-state index contributed by atoms with van der Waals surface area (Å²) in [4.78, 5) is 16.9. The quantitative estimate of drug-likeness (QED) is 0.750. The van der Waals surface area contributed by atoms with Crippen LogP contribution in [0.15, 0.2) is 48.8 Å². The lowest BCUT2D eigenvalue weighted by Gasteiger charge is -2.08. The van der Waals surface area contributed by atoms with E-state index in [-0.39, 0.29) is 5.91 Å². The van der Waals surface area contributed by atoms with Crippen LogP contribution in [-0.2, 0) is 6.42 Å². The van der Waals surface area contributed by atoms with Crippen molar-refractivity contribution in [2.24, 2.45) is 0 Å². The van der Waals surface area contributed by atoms with Gasteiger partial charge < -0.3 is 5.32 Å². The highest BCUT2D eigenvalue weighted by Crippen LogP contribution is 2.23. The number of aromatic nitrogens is 3. The smallest absolute Gasteiger partial charge is 0.259 e. The van der Waals surface area contributed by atoms with E-state index in [1.165, 1.54) is 6.20 Å². The standard InChI is InChI=1S/C17H14Cl2N4O/c1-2-15-14(10-21-23(15)16-5-3-4-6-20-16)17(24)22-13-8-11(18)7-12(19)9-13/h3-10H,2H2,1H3,(H,22,24). The number of carbonyl (C=O) groups excluding carboxylic acids is 1. The van der Waals surface area contributed by atoms with Gasteiger partial charge in [-0.1, -0.05) is 36.2 Å². The van der Waals surface area contributed by atoms with Crippen LogP contribution in [-0.4, -0.2) is 20.7 Å². The zero-order chi connectivity index (χ0) is 17.1. The van der Waals surface area contributed by atoms with Crippen LogP contribution in [0.5, 0.6) is 0 Å². The van der Waals surface area contributed by atoms with Gasteiger partial charge in [0.05, 0.1) is 17.5 Å². The number of amides is 1. The maximum Gasteiger partial charge on any atom is 0.259 e. The normalized spacial score (nSPS) is 10.6. The van der Waals surface area contributed by atoms with Gasteiger partial charge in [0.25, 0.3) is 5.91 Å². The van der Waals surface area contributed by atoms with Crippen molar-refractivity contribution in [2.45, 2.75) is 13.3 Å². The van der Waals surface area contributed by atoms with E-state index in [0.29, 0.717) is 33.5 Å². The highest BCUT2D eigenvalue weighted by molar-refractivity contribution is 6.35. The van der Waals surface area contributed by atoms with Crippen molar-refractivity contribution in [3.63, 3.8) is 0 Å². The van der Waals surface area contributed by atoms with E-state index < -0.39 is 0 Å². The first-order valence-electron chi connectivity index (χ1n) is 7.34. The molecule has 0 aliphatic rings. The summed E-state index contributed by atoms with van der Waals surface area (Å²) in [6, 6.07) is 10.4. The third-order valence-corrected chi connectivity index (χ3v) is 3.87. The summed E-state index contributed by atoms with van der Waals surface area (Å²) < 4.78 is 1.67. The Balaban J connectivity index is 1.92. The van der Waals surface area contributed by atoms with E-state index in [0.717, 1.165) is 5.69 Å². The van der Waals surface area contributed by atoms with Gasteiger partial charge in [-0.25, -0.2) is 9.67 Å². The summed E-state index contributed by atoms with van der Waals surface area (Å²) in [6.07, 6.45) is 3.86. The second-order valence-electron chi connectivity index (χ2n) is 5.07. The fourth-order valence-corrected chi connectivity index (χ4v) is 2.93. The van der Waals surface area contributed by atoms with Crippen molar-refractivity contribution < 1.29 is 4.79 Å². The monoisotopic (exact) mass is 360 g/mol. The molecule has 0 unspecified atom stereocenters. The fraction of sp³-hybridized carbons (Fsp3) is 0.118. The van der Waals surface area contributed by atoms with Crippen molar-refractivity contribution in [3.8, 4) is 5.82 Å². The Kier molecular flexibility index (Phi) is 4.83. The van der Waals surface area contributed by atoms with Crippen molar-refractivity contribution >= 4 is 34.8 Å². The molecular weight excluding hydrogens is 347 g/mol. The predicted molar refractivity (Wildman–Crippen MR) is 95.2 cm³/mol. The summed E-state index contributed by atoms with van der Waals surface area (Å²) in [5, 5.41) is 8.01. The van der Waals surface area contributed by atoms with Crippen LogP contribution >= 0.6 is 23.2 Å². The first-order chi connectivity index (χ1) is 11.6. The van der Waals surface area contributed by atoms with Gasteiger partial charge >= 0.3 is 0 Å². The minimum absolute atomic E-state index is 0.271. The Morgan fingerprint density at radius 1 is 1.21 bits per heavy atom. The number of benzene rings is 1. The zero-order valence-electron chi connectivity index (χ0n) is 12.8. The topological polar surface area (TPSA) is 59.8 Å². The second-order valence-corrected chi connectivity index (χ2v) is 5.94. The van der Waals surface area contributed by atoms with Crippen molar-refractivity contribution in [1.29, 1.82) is 0 Å². The van der Waals surface area contributed by atoms with Gasteiger partial charge in [-0.15, -0.1) is 0 Å². The van der Waals surface area contributed by atoms with Gasteiger partial charge in [0, 0.05) is 21.9 Å². The maximum absolute atomic E-state index is 12.6. The van der Waals surface area contributed by atoms with Gasteiger partial charge in [-0.3, -0.25) is 4.79 Å². The van der Waals surface area contributed by atoms with Gasteiger partial charge in [-0.05, 0) is 36.8 Å². The number of anilines is 1. The molecule has 0 saturated heterocycles. The van der Waals surface area contributed by atoms with E-state index >= 15 is 0 Å². The number of hydrogen-bond donors (Lipinski definition) is 1. The number of rotatable bonds is 4.